The summed E-state index contributed by atoms with van der Waals surface area (Å²) in [6.45, 7) is 0.629. The molecule has 0 radical (unpaired) electrons. The number of methoxy groups -OCH3 is 1. The van der Waals surface area contributed by atoms with E-state index in [-0.39, 0.29) is 5.97 Å². The summed E-state index contributed by atoms with van der Waals surface area (Å²) >= 11 is 0. The number of aryl methyl sites for hydroxylation is 1. The van der Waals surface area contributed by atoms with Crippen molar-refractivity contribution in [2.45, 2.75) is 31.8 Å². The van der Waals surface area contributed by atoms with Crippen LogP contribution in [0, 0.1) is 0 Å². The molecule has 2 aromatic rings. The quantitative estimate of drug-likeness (QED) is 0.878. The van der Waals surface area contributed by atoms with Crippen molar-refractivity contribution in [3.63, 3.8) is 0 Å². The number of carbonyl (C=O) groups is 1. The first-order valence-corrected chi connectivity index (χ1v) is 7.22. The van der Waals surface area contributed by atoms with Gasteiger partial charge in [0, 0.05) is 6.04 Å². The molecule has 1 aromatic carbocycles. The summed E-state index contributed by atoms with van der Waals surface area (Å²) in [5, 5.41) is 3.50. The maximum absolute atomic E-state index is 11.4. The average Bonchev–Trinajstić information content (AvgIpc) is 3.01. The third kappa shape index (κ3) is 3.16. The van der Waals surface area contributed by atoms with Gasteiger partial charge in [0.25, 0.3) is 0 Å². The first-order chi connectivity index (χ1) is 10.3. The molecule has 3 rings (SSSR count). The number of fused-ring (bicyclic) bond motifs is 1. The van der Waals surface area contributed by atoms with Crippen LogP contribution in [0.4, 0.5) is 0 Å². The second-order valence-electron chi connectivity index (χ2n) is 5.38. The van der Waals surface area contributed by atoms with E-state index in [2.05, 4.69) is 34.3 Å². The fourth-order valence-corrected chi connectivity index (χ4v) is 2.82. The molecule has 1 unspecified atom stereocenters. The molecule has 0 bridgehead atoms. The standard InChI is InChI=1S/C17H19NO3/c1-20-17(19)14-9-16(21-11-14)10-18-15-7-6-12-4-2-3-5-13(12)8-15/h2-5,9,11,15,18H,6-8,10H2,1H3. The second kappa shape index (κ2) is 6.14. The van der Waals surface area contributed by atoms with Crippen LogP contribution >= 0.6 is 0 Å². The van der Waals surface area contributed by atoms with E-state index in [1.165, 1.54) is 24.5 Å². The zero-order valence-electron chi connectivity index (χ0n) is 12.1. The predicted octanol–water partition coefficient (Wildman–Crippen LogP) is 2.71. The fraction of sp³-hybridized carbons (Fsp3) is 0.353. The number of esters is 1. The maximum atomic E-state index is 11.4. The Morgan fingerprint density at radius 2 is 2.19 bits per heavy atom. The van der Waals surface area contributed by atoms with Gasteiger partial charge in [-0.25, -0.2) is 4.79 Å². The molecule has 0 saturated carbocycles. The molecule has 21 heavy (non-hydrogen) atoms. The first kappa shape index (κ1) is 13.9. The summed E-state index contributed by atoms with van der Waals surface area (Å²) in [7, 11) is 1.37. The van der Waals surface area contributed by atoms with Crippen molar-refractivity contribution in [1.29, 1.82) is 0 Å². The van der Waals surface area contributed by atoms with Gasteiger partial charge in [-0.3, -0.25) is 0 Å². The third-order valence-electron chi connectivity index (χ3n) is 3.99. The normalized spacial score (nSPS) is 17.3. The van der Waals surface area contributed by atoms with Gasteiger partial charge < -0.3 is 14.5 Å². The zero-order chi connectivity index (χ0) is 14.7. The van der Waals surface area contributed by atoms with E-state index in [0.717, 1.165) is 25.0 Å². The summed E-state index contributed by atoms with van der Waals surface area (Å²) in [4.78, 5) is 11.4. The number of rotatable bonds is 4. The van der Waals surface area contributed by atoms with Crippen LogP contribution in [0.1, 0.15) is 33.7 Å². The molecule has 0 fully saturated rings. The highest BCUT2D eigenvalue weighted by atomic mass is 16.5. The number of furan rings is 1. The molecule has 0 spiro atoms. The Bertz CT molecular complexity index is 632. The summed E-state index contributed by atoms with van der Waals surface area (Å²) in [5.74, 6) is 0.394. The summed E-state index contributed by atoms with van der Waals surface area (Å²) in [6, 6.07) is 10.8. The molecule has 1 heterocycles. The lowest BCUT2D eigenvalue weighted by molar-refractivity contribution is 0.0600. The van der Waals surface area contributed by atoms with Crippen molar-refractivity contribution in [1.82, 2.24) is 5.32 Å². The smallest absolute Gasteiger partial charge is 0.341 e. The van der Waals surface area contributed by atoms with E-state index >= 15 is 0 Å². The Hall–Kier alpha value is -2.07. The van der Waals surface area contributed by atoms with Crippen molar-refractivity contribution >= 4 is 5.97 Å². The van der Waals surface area contributed by atoms with Crippen LogP contribution in [-0.4, -0.2) is 19.1 Å². The molecule has 4 nitrogen and oxygen atoms in total. The molecule has 1 aromatic heterocycles. The highest BCUT2D eigenvalue weighted by Gasteiger charge is 2.18. The van der Waals surface area contributed by atoms with Crippen LogP contribution < -0.4 is 5.32 Å². The lowest BCUT2D eigenvalue weighted by atomic mass is 9.88. The Labute approximate surface area is 124 Å². The van der Waals surface area contributed by atoms with Gasteiger partial charge in [-0.15, -0.1) is 0 Å². The topological polar surface area (TPSA) is 51.5 Å². The Balaban J connectivity index is 1.57. The minimum absolute atomic E-state index is 0.364. The van der Waals surface area contributed by atoms with Crippen molar-refractivity contribution < 1.29 is 13.9 Å². The number of ether oxygens (including phenoxy) is 1. The van der Waals surface area contributed by atoms with E-state index in [9.17, 15) is 4.79 Å². The number of benzene rings is 1. The SMILES string of the molecule is COC(=O)c1coc(CNC2CCc3ccccc3C2)c1. The Morgan fingerprint density at radius 3 is 3.00 bits per heavy atom. The monoisotopic (exact) mass is 285 g/mol. The molecule has 1 atom stereocenters. The van der Waals surface area contributed by atoms with Gasteiger partial charge in [0.05, 0.1) is 19.2 Å². The lowest BCUT2D eigenvalue weighted by Gasteiger charge is -2.25. The molecular formula is C17H19NO3. The van der Waals surface area contributed by atoms with E-state index in [1.54, 1.807) is 6.07 Å². The van der Waals surface area contributed by atoms with Gasteiger partial charge in [-0.1, -0.05) is 24.3 Å². The van der Waals surface area contributed by atoms with E-state index in [4.69, 9.17) is 4.42 Å². The fourth-order valence-electron chi connectivity index (χ4n) is 2.82. The number of carbonyl (C=O) groups excluding carboxylic acids is 1. The molecule has 1 aliphatic carbocycles. The molecule has 0 amide bonds. The second-order valence-corrected chi connectivity index (χ2v) is 5.38. The molecule has 0 saturated heterocycles. The van der Waals surface area contributed by atoms with Crippen LogP contribution in [0.15, 0.2) is 41.0 Å². The number of hydrogen-bond acceptors (Lipinski definition) is 4. The minimum Gasteiger partial charge on any atom is -0.467 e. The van der Waals surface area contributed by atoms with Gasteiger partial charge in [-0.05, 0) is 36.5 Å². The van der Waals surface area contributed by atoms with Gasteiger partial charge in [0.15, 0.2) is 0 Å². The average molecular weight is 285 g/mol. The van der Waals surface area contributed by atoms with Crippen LogP contribution in [0.2, 0.25) is 0 Å². The Morgan fingerprint density at radius 1 is 1.38 bits per heavy atom. The minimum atomic E-state index is -0.364. The van der Waals surface area contributed by atoms with Crippen molar-refractivity contribution in [3.8, 4) is 0 Å². The van der Waals surface area contributed by atoms with Crippen molar-refractivity contribution in [2.24, 2.45) is 0 Å². The molecule has 0 aliphatic heterocycles. The highest BCUT2D eigenvalue weighted by molar-refractivity contribution is 5.88. The summed E-state index contributed by atoms with van der Waals surface area (Å²) in [5.41, 5.74) is 3.35. The summed E-state index contributed by atoms with van der Waals surface area (Å²) < 4.78 is 10.0. The van der Waals surface area contributed by atoms with Gasteiger partial charge >= 0.3 is 5.97 Å². The molecule has 110 valence electrons. The zero-order valence-corrected chi connectivity index (χ0v) is 12.1. The summed E-state index contributed by atoms with van der Waals surface area (Å²) in [6.07, 6.45) is 4.72. The molecule has 1 aliphatic rings. The number of hydrogen-bond donors (Lipinski definition) is 1. The van der Waals surface area contributed by atoms with Crippen LogP contribution in [0.5, 0.6) is 0 Å². The first-order valence-electron chi connectivity index (χ1n) is 7.22. The van der Waals surface area contributed by atoms with Crippen LogP contribution in [0.25, 0.3) is 0 Å². The van der Waals surface area contributed by atoms with Crippen LogP contribution in [0.3, 0.4) is 0 Å². The number of nitrogens with one attached hydrogen (secondary N) is 1. The van der Waals surface area contributed by atoms with Crippen molar-refractivity contribution in [3.05, 3.63) is 59.0 Å². The van der Waals surface area contributed by atoms with Gasteiger partial charge in [-0.2, -0.15) is 0 Å². The maximum Gasteiger partial charge on any atom is 0.341 e. The predicted molar refractivity (Wildman–Crippen MR) is 79.1 cm³/mol. The lowest BCUT2D eigenvalue weighted by Crippen LogP contribution is -2.33. The van der Waals surface area contributed by atoms with E-state index in [1.807, 2.05) is 0 Å². The highest BCUT2D eigenvalue weighted by Crippen LogP contribution is 2.21. The van der Waals surface area contributed by atoms with E-state index in [0.29, 0.717) is 18.2 Å². The Kier molecular flexibility index (Phi) is 4.06. The van der Waals surface area contributed by atoms with E-state index < -0.39 is 0 Å². The molecular weight excluding hydrogens is 266 g/mol. The third-order valence-corrected chi connectivity index (χ3v) is 3.99. The van der Waals surface area contributed by atoms with Gasteiger partial charge in [0.2, 0.25) is 0 Å². The largest absolute Gasteiger partial charge is 0.467 e. The molecule has 4 heteroatoms. The van der Waals surface area contributed by atoms with Crippen molar-refractivity contribution in [2.75, 3.05) is 7.11 Å². The van der Waals surface area contributed by atoms with Crippen LogP contribution in [-0.2, 0) is 24.1 Å². The van der Waals surface area contributed by atoms with Gasteiger partial charge in [0.1, 0.15) is 12.0 Å². The molecule has 1 N–H and O–H groups in total.